The molecule has 4 rings (SSSR count). The quantitative estimate of drug-likeness (QED) is 0.783. The molecule has 0 unspecified atom stereocenters. The van der Waals surface area contributed by atoms with Gasteiger partial charge in [-0.1, -0.05) is 12.1 Å². The molecule has 0 aliphatic carbocycles. The summed E-state index contributed by atoms with van der Waals surface area (Å²) in [7, 11) is 0. The summed E-state index contributed by atoms with van der Waals surface area (Å²) >= 11 is 0. The number of piperidine rings is 1. The Morgan fingerprint density at radius 1 is 1.35 bits per heavy atom. The number of nitrogens with one attached hydrogen (secondary N) is 1. The predicted octanol–water partition coefficient (Wildman–Crippen LogP) is 3.43. The number of benzene rings is 1. The molecule has 1 saturated heterocycles. The van der Waals surface area contributed by atoms with E-state index in [4.69, 9.17) is 4.98 Å². The average molecular weight is 351 g/mol. The maximum Gasteiger partial charge on any atom is 0.224 e. The van der Waals surface area contributed by atoms with Crippen LogP contribution in [0.15, 0.2) is 36.9 Å². The number of carbonyl (C=O) groups excluding carboxylic acids is 1. The minimum atomic E-state index is 0.140. The third-order valence-electron chi connectivity index (χ3n) is 5.47. The minimum absolute atomic E-state index is 0.140. The van der Waals surface area contributed by atoms with Crippen LogP contribution < -0.4 is 0 Å². The molecule has 6 nitrogen and oxygen atoms in total. The van der Waals surface area contributed by atoms with Crippen molar-refractivity contribution in [2.24, 2.45) is 0 Å². The van der Waals surface area contributed by atoms with Gasteiger partial charge >= 0.3 is 0 Å². The van der Waals surface area contributed by atoms with E-state index in [0.29, 0.717) is 12.3 Å². The van der Waals surface area contributed by atoms with Crippen molar-refractivity contribution in [1.82, 2.24) is 24.4 Å². The van der Waals surface area contributed by atoms with Crippen LogP contribution in [0.4, 0.5) is 0 Å². The van der Waals surface area contributed by atoms with Gasteiger partial charge in [0.25, 0.3) is 0 Å². The van der Waals surface area contributed by atoms with Crippen LogP contribution in [0.5, 0.6) is 0 Å². The zero-order chi connectivity index (χ0) is 18.1. The van der Waals surface area contributed by atoms with E-state index in [-0.39, 0.29) is 11.9 Å². The summed E-state index contributed by atoms with van der Waals surface area (Å²) in [6.45, 7) is 5.76. The fraction of sp³-hybridized carbons (Fsp3) is 0.450. The van der Waals surface area contributed by atoms with E-state index in [9.17, 15) is 4.79 Å². The fourth-order valence-electron chi connectivity index (χ4n) is 3.81. The van der Waals surface area contributed by atoms with Gasteiger partial charge in [0.05, 0.1) is 17.4 Å². The molecule has 26 heavy (non-hydrogen) atoms. The number of para-hydroxylation sites is 1. The van der Waals surface area contributed by atoms with Crippen molar-refractivity contribution in [2.75, 3.05) is 13.1 Å². The van der Waals surface area contributed by atoms with E-state index in [2.05, 4.69) is 42.0 Å². The molecule has 6 heteroatoms. The second-order valence-corrected chi connectivity index (χ2v) is 7.31. The summed E-state index contributed by atoms with van der Waals surface area (Å²) in [6.07, 6.45) is 7.88. The van der Waals surface area contributed by atoms with Crippen molar-refractivity contribution in [1.29, 1.82) is 0 Å². The minimum Gasteiger partial charge on any atom is -0.343 e. The van der Waals surface area contributed by atoms with Crippen LogP contribution in [0.2, 0.25) is 0 Å². The fourth-order valence-corrected chi connectivity index (χ4v) is 3.81. The normalized spacial score (nSPS) is 16.9. The molecule has 3 heterocycles. The molecule has 3 aromatic rings. The van der Waals surface area contributed by atoms with Crippen molar-refractivity contribution in [2.45, 2.75) is 45.1 Å². The van der Waals surface area contributed by atoms with Gasteiger partial charge in [-0.3, -0.25) is 4.79 Å². The molecule has 1 aromatic carbocycles. The highest BCUT2D eigenvalue weighted by atomic mass is 16.2. The summed E-state index contributed by atoms with van der Waals surface area (Å²) < 4.78 is 1.99. The van der Waals surface area contributed by atoms with E-state index < -0.39 is 0 Å². The highest BCUT2D eigenvalue weighted by molar-refractivity contribution is 5.78. The van der Waals surface area contributed by atoms with Gasteiger partial charge in [-0.05, 0) is 38.3 Å². The Bertz CT molecular complexity index is 890. The first kappa shape index (κ1) is 16.8. The molecule has 0 bridgehead atoms. The Morgan fingerprint density at radius 3 is 2.85 bits per heavy atom. The molecule has 1 aliphatic heterocycles. The van der Waals surface area contributed by atoms with E-state index >= 15 is 0 Å². The number of carbonyl (C=O) groups is 1. The average Bonchev–Trinajstić information content (AvgIpc) is 3.32. The zero-order valence-electron chi connectivity index (χ0n) is 15.4. The molecular weight excluding hydrogens is 326 g/mol. The zero-order valence-corrected chi connectivity index (χ0v) is 15.4. The third-order valence-corrected chi connectivity index (χ3v) is 5.47. The van der Waals surface area contributed by atoms with Gasteiger partial charge in [0.15, 0.2) is 0 Å². The summed E-state index contributed by atoms with van der Waals surface area (Å²) in [5.74, 6) is 1.69. The molecule has 1 amide bonds. The van der Waals surface area contributed by atoms with E-state index in [1.165, 1.54) is 5.56 Å². The van der Waals surface area contributed by atoms with Gasteiger partial charge in [-0.15, -0.1) is 0 Å². The first-order chi connectivity index (χ1) is 12.6. The topological polar surface area (TPSA) is 66.8 Å². The summed E-state index contributed by atoms with van der Waals surface area (Å²) in [4.78, 5) is 27.0. The largest absolute Gasteiger partial charge is 0.343 e. The number of hydrogen-bond donors (Lipinski definition) is 1. The third kappa shape index (κ3) is 3.23. The predicted molar refractivity (Wildman–Crippen MR) is 101 cm³/mol. The van der Waals surface area contributed by atoms with Crippen LogP contribution >= 0.6 is 0 Å². The van der Waals surface area contributed by atoms with Crippen LogP contribution in [0.25, 0.3) is 11.0 Å². The molecule has 1 aliphatic rings. The van der Waals surface area contributed by atoms with Crippen LogP contribution in [0.3, 0.4) is 0 Å². The van der Waals surface area contributed by atoms with Crippen molar-refractivity contribution in [3.8, 4) is 0 Å². The first-order valence-electron chi connectivity index (χ1n) is 9.32. The molecule has 136 valence electrons. The molecular formula is C20H25N5O. The number of aromatic nitrogens is 4. The number of H-pyrrole nitrogens is 1. The Labute approximate surface area is 153 Å². The number of likely N-dealkylation sites (tertiary alicyclic amines) is 1. The van der Waals surface area contributed by atoms with Crippen molar-refractivity contribution < 1.29 is 4.79 Å². The molecule has 0 saturated carbocycles. The van der Waals surface area contributed by atoms with Crippen molar-refractivity contribution in [3.05, 3.63) is 48.3 Å². The lowest BCUT2D eigenvalue weighted by atomic mass is 9.95. The van der Waals surface area contributed by atoms with E-state index in [1.807, 2.05) is 15.7 Å². The van der Waals surface area contributed by atoms with Crippen molar-refractivity contribution in [3.63, 3.8) is 0 Å². The van der Waals surface area contributed by atoms with Gasteiger partial charge in [-0.2, -0.15) is 0 Å². The number of aromatic amines is 1. The molecule has 0 radical (unpaired) electrons. The van der Waals surface area contributed by atoms with E-state index in [1.54, 1.807) is 12.5 Å². The van der Waals surface area contributed by atoms with Gasteiger partial charge in [0, 0.05) is 43.9 Å². The number of rotatable bonds is 4. The number of aryl methyl sites for hydroxylation is 1. The SMILES string of the molecule is Cc1cccc2[nH]c(C3CCN(C(=O)C[C@@H](C)n4ccnc4)CC3)nc12. The Balaban J connectivity index is 1.37. The van der Waals surface area contributed by atoms with Crippen LogP contribution in [-0.2, 0) is 4.79 Å². The lowest BCUT2D eigenvalue weighted by molar-refractivity contribution is -0.133. The smallest absolute Gasteiger partial charge is 0.224 e. The monoisotopic (exact) mass is 351 g/mol. The standard InChI is InChI=1S/C20H25N5O/c1-14-4-3-5-17-19(14)23-20(22-17)16-6-9-24(10-7-16)18(26)12-15(2)25-11-8-21-13-25/h3-5,8,11,13,15-16H,6-7,9-10,12H2,1-2H3,(H,22,23)/t15-/m1/s1. The number of hydrogen-bond acceptors (Lipinski definition) is 3. The van der Waals surface area contributed by atoms with Gasteiger partial charge in [0.1, 0.15) is 5.82 Å². The molecule has 1 fully saturated rings. The van der Waals surface area contributed by atoms with Crippen LogP contribution in [-0.4, -0.2) is 43.4 Å². The summed E-state index contributed by atoms with van der Waals surface area (Å²) in [5.41, 5.74) is 3.37. The molecule has 2 aromatic heterocycles. The second-order valence-electron chi connectivity index (χ2n) is 7.31. The number of imidazole rings is 2. The van der Waals surface area contributed by atoms with Crippen molar-refractivity contribution >= 4 is 16.9 Å². The number of amides is 1. The lowest BCUT2D eigenvalue weighted by Crippen LogP contribution is -2.38. The van der Waals surface area contributed by atoms with E-state index in [0.717, 1.165) is 42.8 Å². The summed E-state index contributed by atoms with van der Waals surface area (Å²) in [6, 6.07) is 6.37. The maximum atomic E-state index is 12.6. The molecule has 1 N–H and O–H groups in total. The lowest BCUT2D eigenvalue weighted by Gasteiger charge is -2.32. The van der Waals surface area contributed by atoms with Gasteiger partial charge in [0.2, 0.25) is 5.91 Å². The van der Waals surface area contributed by atoms with Crippen LogP contribution in [0.1, 0.15) is 49.5 Å². The molecule has 0 spiro atoms. The number of nitrogens with zero attached hydrogens (tertiary/aromatic N) is 4. The second kappa shape index (κ2) is 6.94. The first-order valence-corrected chi connectivity index (χ1v) is 9.32. The van der Waals surface area contributed by atoms with Gasteiger partial charge in [-0.25, -0.2) is 9.97 Å². The van der Waals surface area contributed by atoms with Gasteiger partial charge < -0.3 is 14.5 Å². The highest BCUT2D eigenvalue weighted by Crippen LogP contribution is 2.29. The summed E-state index contributed by atoms with van der Waals surface area (Å²) in [5, 5.41) is 0. The maximum absolute atomic E-state index is 12.6. The Kier molecular flexibility index (Phi) is 4.49. The van der Waals surface area contributed by atoms with Crippen LogP contribution in [0, 0.1) is 6.92 Å². The Hall–Kier alpha value is -2.63. The highest BCUT2D eigenvalue weighted by Gasteiger charge is 2.26. The molecule has 1 atom stereocenters. The number of fused-ring (bicyclic) bond motifs is 1. The Morgan fingerprint density at radius 2 is 2.15 bits per heavy atom.